The molecule has 0 radical (unpaired) electrons. The third-order valence-corrected chi connectivity index (χ3v) is 4.48. The molecule has 2 aliphatic heterocycles. The summed E-state index contributed by atoms with van der Waals surface area (Å²) in [5, 5.41) is 0. The number of fused-ring (bicyclic) bond motifs is 1. The van der Waals surface area contributed by atoms with Gasteiger partial charge in [0.2, 0.25) is 11.8 Å². The van der Waals surface area contributed by atoms with Crippen molar-refractivity contribution in [2.24, 2.45) is 0 Å². The van der Waals surface area contributed by atoms with Crippen LogP contribution in [0.2, 0.25) is 0 Å². The molecule has 1 fully saturated rings. The van der Waals surface area contributed by atoms with Gasteiger partial charge >= 0.3 is 0 Å². The number of nitrogens with zero attached hydrogens (tertiary/aromatic N) is 2. The number of benzene rings is 1. The first-order valence-corrected chi connectivity index (χ1v) is 7.86. The Morgan fingerprint density at radius 2 is 1.81 bits per heavy atom. The van der Waals surface area contributed by atoms with Crippen LogP contribution < -0.4 is 0 Å². The van der Waals surface area contributed by atoms with E-state index in [2.05, 4.69) is 12.1 Å². The minimum atomic E-state index is 0.0831. The predicted molar refractivity (Wildman–Crippen MR) is 80.6 cm³/mol. The molecule has 0 bridgehead atoms. The number of carbonyl (C=O) groups is 2. The maximum absolute atomic E-state index is 12.5. The minimum Gasteiger partial charge on any atom is -0.336 e. The van der Waals surface area contributed by atoms with E-state index in [0.717, 1.165) is 38.8 Å². The molecule has 4 nitrogen and oxygen atoms in total. The van der Waals surface area contributed by atoms with Crippen molar-refractivity contribution in [3.8, 4) is 0 Å². The third-order valence-electron chi connectivity index (χ3n) is 4.48. The molecule has 1 aromatic carbocycles. The van der Waals surface area contributed by atoms with Crippen LogP contribution in [0.4, 0.5) is 0 Å². The van der Waals surface area contributed by atoms with Crippen LogP contribution in [0.15, 0.2) is 24.3 Å². The highest BCUT2D eigenvalue weighted by molar-refractivity contribution is 5.85. The van der Waals surface area contributed by atoms with Crippen molar-refractivity contribution in [1.29, 1.82) is 0 Å². The van der Waals surface area contributed by atoms with Crippen LogP contribution in [0.25, 0.3) is 0 Å². The summed E-state index contributed by atoms with van der Waals surface area (Å²) in [7, 11) is 0. The van der Waals surface area contributed by atoms with E-state index in [-0.39, 0.29) is 18.4 Å². The zero-order chi connectivity index (χ0) is 14.7. The van der Waals surface area contributed by atoms with Crippen LogP contribution in [0.1, 0.15) is 36.8 Å². The fraction of sp³-hybridized carbons (Fsp3) is 0.529. The van der Waals surface area contributed by atoms with E-state index in [9.17, 15) is 9.59 Å². The number of hydrogen-bond donors (Lipinski definition) is 0. The molecule has 0 atom stereocenters. The summed E-state index contributed by atoms with van der Waals surface area (Å²) in [6, 6.07) is 8.29. The Balaban J connectivity index is 1.62. The highest BCUT2D eigenvalue weighted by Gasteiger charge is 2.24. The van der Waals surface area contributed by atoms with E-state index in [4.69, 9.17) is 0 Å². The normalized spacial score (nSPS) is 19.1. The van der Waals surface area contributed by atoms with Crippen molar-refractivity contribution < 1.29 is 9.59 Å². The molecule has 21 heavy (non-hydrogen) atoms. The SMILES string of the molecule is O=C1CCCCCN1CC(=O)N1CCc2ccccc2C1. The molecule has 2 amide bonds. The molecule has 0 N–H and O–H groups in total. The standard InChI is InChI=1S/C17H22N2O2/c20-16-8-2-1-5-10-18(16)13-17(21)19-11-9-14-6-3-4-7-15(14)12-19/h3-4,6-7H,1-2,5,8-13H2. The van der Waals surface area contributed by atoms with Gasteiger partial charge in [-0.25, -0.2) is 0 Å². The summed E-state index contributed by atoms with van der Waals surface area (Å²) in [6.45, 7) is 2.42. The predicted octanol–water partition coefficient (Wildman–Crippen LogP) is 1.97. The van der Waals surface area contributed by atoms with Crippen molar-refractivity contribution in [2.45, 2.75) is 38.6 Å². The molecule has 0 aliphatic carbocycles. The Morgan fingerprint density at radius 1 is 1.00 bits per heavy atom. The zero-order valence-corrected chi connectivity index (χ0v) is 12.4. The average Bonchev–Trinajstić information content (AvgIpc) is 2.72. The van der Waals surface area contributed by atoms with Crippen LogP contribution in [0, 0.1) is 0 Å². The van der Waals surface area contributed by atoms with Crippen molar-refractivity contribution in [1.82, 2.24) is 9.80 Å². The zero-order valence-electron chi connectivity index (χ0n) is 12.4. The van der Waals surface area contributed by atoms with E-state index >= 15 is 0 Å². The van der Waals surface area contributed by atoms with Gasteiger partial charge in [-0.05, 0) is 30.4 Å². The number of hydrogen-bond acceptors (Lipinski definition) is 2. The molecular formula is C17H22N2O2. The Hall–Kier alpha value is -1.84. The Kier molecular flexibility index (Phi) is 4.23. The molecule has 112 valence electrons. The van der Waals surface area contributed by atoms with E-state index < -0.39 is 0 Å². The summed E-state index contributed by atoms with van der Waals surface area (Å²) < 4.78 is 0. The molecule has 1 saturated heterocycles. The summed E-state index contributed by atoms with van der Waals surface area (Å²) in [5.41, 5.74) is 2.58. The minimum absolute atomic E-state index is 0.0831. The van der Waals surface area contributed by atoms with Crippen LogP contribution in [0.5, 0.6) is 0 Å². The summed E-state index contributed by atoms with van der Waals surface area (Å²) >= 11 is 0. The monoisotopic (exact) mass is 286 g/mol. The molecule has 0 saturated carbocycles. The highest BCUT2D eigenvalue weighted by atomic mass is 16.2. The molecule has 4 heteroatoms. The molecule has 2 heterocycles. The summed E-state index contributed by atoms with van der Waals surface area (Å²) in [5.74, 6) is 0.220. The van der Waals surface area contributed by atoms with Gasteiger partial charge in [0.15, 0.2) is 0 Å². The lowest BCUT2D eigenvalue weighted by molar-refractivity contribution is -0.140. The quantitative estimate of drug-likeness (QED) is 0.834. The topological polar surface area (TPSA) is 40.6 Å². The third kappa shape index (κ3) is 3.26. The lowest BCUT2D eigenvalue weighted by Gasteiger charge is -2.31. The van der Waals surface area contributed by atoms with Crippen molar-refractivity contribution in [3.05, 3.63) is 35.4 Å². The number of rotatable bonds is 2. The lowest BCUT2D eigenvalue weighted by atomic mass is 10.00. The summed E-state index contributed by atoms with van der Waals surface area (Å²) in [4.78, 5) is 28.1. The second kappa shape index (κ2) is 6.29. The smallest absolute Gasteiger partial charge is 0.242 e. The van der Waals surface area contributed by atoms with Gasteiger partial charge in [0.25, 0.3) is 0 Å². The second-order valence-corrected chi connectivity index (χ2v) is 5.96. The highest BCUT2D eigenvalue weighted by Crippen LogP contribution is 2.19. The lowest BCUT2D eigenvalue weighted by Crippen LogP contribution is -2.44. The van der Waals surface area contributed by atoms with Crippen molar-refractivity contribution >= 4 is 11.8 Å². The van der Waals surface area contributed by atoms with E-state index in [1.54, 1.807) is 4.90 Å². The van der Waals surface area contributed by atoms with Gasteiger partial charge in [0, 0.05) is 26.1 Å². The van der Waals surface area contributed by atoms with Crippen LogP contribution in [0.3, 0.4) is 0 Å². The van der Waals surface area contributed by atoms with Crippen LogP contribution in [-0.2, 0) is 22.6 Å². The van der Waals surface area contributed by atoms with Gasteiger partial charge in [0.1, 0.15) is 0 Å². The maximum Gasteiger partial charge on any atom is 0.242 e. The van der Waals surface area contributed by atoms with Gasteiger partial charge in [-0.15, -0.1) is 0 Å². The summed E-state index contributed by atoms with van der Waals surface area (Å²) in [6.07, 6.45) is 4.57. The van der Waals surface area contributed by atoms with Gasteiger partial charge in [-0.3, -0.25) is 9.59 Å². The molecule has 0 spiro atoms. The Morgan fingerprint density at radius 3 is 2.67 bits per heavy atom. The second-order valence-electron chi connectivity index (χ2n) is 5.96. The van der Waals surface area contributed by atoms with Gasteiger partial charge in [0.05, 0.1) is 6.54 Å². The molecular weight excluding hydrogens is 264 g/mol. The fourth-order valence-electron chi connectivity index (χ4n) is 3.18. The van der Waals surface area contributed by atoms with Crippen molar-refractivity contribution in [2.75, 3.05) is 19.6 Å². The molecule has 0 aromatic heterocycles. The van der Waals surface area contributed by atoms with Gasteiger partial charge < -0.3 is 9.80 Å². The maximum atomic E-state index is 12.5. The average molecular weight is 286 g/mol. The first-order chi connectivity index (χ1) is 10.2. The van der Waals surface area contributed by atoms with Gasteiger partial charge in [-0.1, -0.05) is 30.7 Å². The van der Waals surface area contributed by atoms with Crippen LogP contribution >= 0.6 is 0 Å². The fourth-order valence-corrected chi connectivity index (χ4v) is 3.18. The number of amides is 2. The molecule has 1 aromatic rings. The van der Waals surface area contributed by atoms with E-state index in [1.165, 1.54) is 11.1 Å². The Labute approximate surface area is 125 Å². The number of carbonyl (C=O) groups excluding carboxylic acids is 2. The largest absolute Gasteiger partial charge is 0.336 e. The number of likely N-dealkylation sites (tertiary alicyclic amines) is 1. The van der Waals surface area contributed by atoms with Crippen molar-refractivity contribution in [3.63, 3.8) is 0 Å². The Bertz CT molecular complexity index is 541. The molecule has 2 aliphatic rings. The van der Waals surface area contributed by atoms with Crippen LogP contribution in [-0.4, -0.2) is 41.2 Å². The van der Waals surface area contributed by atoms with E-state index in [1.807, 2.05) is 17.0 Å². The first kappa shape index (κ1) is 14.1. The molecule has 3 rings (SSSR count). The van der Waals surface area contributed by atoms with E-state index in [0.29, 0.717) is 13.0 Å². The van der Waals surface area contributed by atoms with Gasteiger partial charge in [-0.2, -0.15) is 0 Å². The molecule has 0 unspecified atom stereocenters. The first-order valence-electron chi connectivity index (χ1n) is 7.86.